The highest BCUT2D eigenvalue weighted by Crippen LogP contribution is 2.63. The van der Waals surface area contributed by atoms with Crippen molar-refractivity contribution in [1.82, 2.24) is 4.57 Å². The van der Waals surface area contributed by atoms with Crippen molar-refractivity contribution in [3.8, 4) is 50.2 Å². The van der Waals surface area contributed by atoms with E-state index in [0.29, 0.717) is 0 Å². The van der Waals surface area contributed by atoms with Crippen LogP contribution in [0.5, 0.6) is 0 Å². The molecule has 0 amide bonds. The fourth-order valence-corrected chi connectivity index (χ4v) is 12.9. The SMILES string of the molecule is CC1(C)c2ccccc2-c2ccc(C(c3ccccc3-c3ccccc3)c3ccccc3-c3cccc4c3C3(c5ccccc5-c5ccccc53)c3cccc5c6ccccc6n-4c35)cc21. The minimum Gasteiger partial charge on any atom is -0.309 e. The molecule has 1 aromatic heterocycles. The highest BCUT2D eigenvalue weighted by molar-refractivity contribution is 6.13. The van der Waals surface area contributed by atoms with Crippen molar-refractivity contribution in [2.75, 3.05) is 0 Å². The van der Waals surface area contributed by atoms with Crippen molar-refractivity contribution in [3.63, 3.8) is 0 Å². The molecule has 310 valence electrons. The van der Waals surface area contributed by atoms with E-state index in [2.05, 4.69) is 249 Å². The Morgan fingerprint density at radius 3 is 1.62 bits per heavy atom. The molecule has 11 aromatic rings. The summed E-state index contributed by atoms with van der Waals surface area (Å²) in [6.07, 6.45) is 0. The quantitative estimate of drug-likeness (QED) is 0.152. The maximum Gasteiger partial charge on any atom is 0.0760 e. The van der Waals surface area contributed by atoms with Crippen LogP contribution in [0.4, 0.5) is 0 Å². The van der Waals surface area contributed by atoms with Gasteiger partial charge in [-0.2, -0.15) is 0 Å². The number of nitrogens with zero attached hydrogens (tertiary/aromatic N) is 1. The molecule has 0 bridgehead atoms. The number of hydrogen-bond acceptors (Lipinski definition) is 0. The summed E-state index contributed by atoms with van der Waals surface area (Å²) in [5.41, 5.74) is 25.3. The Morgan fingerprint density at radius 1 is 0.364 bits per heavy atom. The van der Waals surface area contributed by atoms with Gasteiger partial charge in [-0.3, -0.25) is 0 Å². The summed E-state index contributed by atoms with van der Waals surface area (Å²) in [7, 11) is 0. The van der Waals surface area contributed by atoms with E-state index in [4.69, 9.17) is 0 Å². The fraction of sp³-hybridized carbons (Fsp3) is 0.0769. The first-order valence-electron chi connectivity index (χ1n) is 23.4. The van der Waals surface area contributed by atoms with Gasteiger partial charge in [0, 0.05) is 27.7 Å². The van der Waals surface area contributed by atoms with Gasteiger partial charge in [-0.15, -0.1) is 0 Å². The third-order valence-electron chi connectivity index (χ3n) is 15.6. The molecular weight excluding hydrogens is 795 g/mol. The second-order valence-corrected chi connectivity index (χ2v) is 19.0. The maximum atomic E-state index is 2.58. The molecule has 1 spiro atoms. The molecule has 2 aliphatic carbocycles. The standard InChI is InChI=1S/C65H45N/c1-64(2)54-32-14-10-24-45(54)48-39-38-42(40-58(48)64)61(50-28-8-6-22-43(50)41-20-4-3-5-21-41)51-29-9-7-23-44(51)52-30-19-37-60-62(52)65(55-33-15-11-25-46(55)47-26-12-16-34-56(47)65)57-35-18-31-53-49-27-13-17-36-59(49)66(60)63(53)57/h3-40,61H,1-2H3. The Bertz CT molecular complexity index is 3760. The lowest BCUT2D eigenvalue weighted by atomic mass is 9.63. The van der Waals surface area contributed by atoms with Gasteiger partial charge in [-0.05, 0) is 101 Å². The lowest BCUT2D eigenvalue weighted by Gasteiger charge is -2.41. The van der Waals surface area contributed by atoms with E-state index in [1.54, 1.807) is 0 Å². The van der Waals surface area contributed by atoms with Crippen molar-refractivity contribution in [2.45, 2.75) is 30.6 Å². The van der Waals surface area contributed by atoms with E-state index in [0.717, 1.165) is 0 Å². The van der Waals surface area contributed by atoms with Crippen molar-refractivity contribution >= 4 is 21.8 Å². The zero-order valence-electron chi connectivity index (χ0n) is 37.0. The van der Waals surface area contributed by atoms with Crippen LogP contribution in [0.25, 0.3) is 72.0 Å². The van der Waals surface area contributed by atoms with E-state index in [9.17, 15) is 0 Å². The molecular formula is C65H45N. The van der Waals surface area contributed by atoms with Crippen molar-refractivity contribution in [3.05, 3.63) is 281 Å². The molecule has 1 atom stereocenters. The lowest BCUT2D eigenvalue weighted by molar-refractivity contribution is 0.659. The number of aromatic nitrogens is 1. The molecule has 14 rings (SSSR count). The van der Waals surface area contributed by atoms with Gasteiger partial charge in [0.25, 0.3) is 0 Å². The third-order valence-corrected chi connectivity index (χ3v) is 15.6. The molecule has 1 aliphatic heterocycles. The minimum atomic E-state index is -0.586. The number of rotatable bonds is 5. The summed E-state index contributed by atoms with van der Waals surface area (Å²) in [4.78, 5) is 0. The second kappa shape index (κ2) is 13.8. The molecule has 1 nitrogen and oxygen atoms in total. The molecule has 66 heavy (non-hydrogen) atoms. The largest absolute Gasteiger partial charge is 0.309 e. The van der Waals surface area contributed by atoms with Crippen LogP contribution in [0, 0.1) is 0 Å². The van der Waals surface area contributed by atoms with Crippen LogP contribution in [0.1, 0.15) is 69.8 Å². The monoisotopic (exact) mass is 839 g/mol. The van der Waals surface area contributed by atoms with Crippen molar-refractivity contribution in [1.29, 1.82) is 0 Å². The highest BCUT2D eigenvalue weighted by atomic mass is 15.0. The van der Waals surface area contributed by atoms with Crippen LogP contribution >= 0.6 is 0 Å². The van der Waals surface area contributed by atoms with Crippen LogP contribution < -0.4 is 0 Å². The first kappa shape index (κ1) is 37.4. The predicted molar refractivity (Wildman–Crippen MR) is 274 cm³/mol. The summed E-state index contributed by atoms with van der Waals surface area (Å²) in [6.45, 7) is 4.80. The summed E-state index contributed by atoms with van der Waals surface area (Å²) < 4.78 is 2.58. The van der Waals surface area contributed by atoms with Gasteiger partial charge in [0.15, 0.2) is 0 Å². The molecule has 0 N–H and O–H groups in total. The average Bonchev–Trinajstić information content (AvgIpc) is 3.95. The molecule has 2 heterocycles. The van der Waals surface area contributed by atoms with Crippen LogP contribution in [-0.2, 0) is 10.8 Å². The van der Waals surface area contributed by atoms with Crippen molar-refractivity contribution < 1.29 is 0 Å². The molecule has 0 fully saturated rings. The fourth-order valence-electron chi connectivity index (χ4n) is 12.9. The maximum absolute atomic E-state index is 2.58. The third kappa shape index (κ3) is 4.84. The van der Waals surface area contributed by atoms with Gasteiger partial charge < -0.3 is 4.57 Å². The summed E-state index contributed by atoms with van der Waals surface area (Å²) in [5, 5.41) is 2.57. The molecule has 3 aliphatic rings. The summed E-state index contributed by atoms with van der Waals surface area (Å²) in [6, 6.07) is 87.3. The lowest BCUT2D eigenvalue weighted by Crippen LogP contribution is -2.34. The van der Waals surface area contributed by atoms with Gasteiger partial charge in [0.2, 0.25) is 0 Å². The van der Waals surface area contributed by atoms with Crippen LogP contribution in [0.15, 0.2) is 231 Å². The average molecular weight is 840 g/mol. The van der Waals surface area contributed by atoms with E-state index in [-0.39, 0.29) is 11.3 Å². The molecule has 0 saturated carbocycles. The van der Waals surface area contributed by atoms with E-state index in [1.165, 1.54) is 122 Å². The number of para-hydroxylation sites is 2. The highest BCUT2D eigenvalue weighted by Gasteiger charge is 2.52. The first-order valence-corrected chi connectivity index (χ1v) is 23.4. The normalized spacial score (nSPS) is 14.7. The van der Waals surface area contributed by atoms with Crippen molar-refractivity contribution in [2.24, 2.45) is 0 Å². The first-order chi connectivity index (χ1) is 32.5. The van der Waals surface area contributed by atoms with Crippen LogP contribution in [0.2, 0.25) is 0 Å². The zero-order valence-corrected chi connectivity index (χ0v) is 37.0. The minimum absolute atomic E-state index is 0.0904. The van der Waals surface area contributed by atoms with Gasteiger partial charge >= 0.3 is 0 Å². The topological polar surface area (TPSA) is 4.93 Å². The van der Waals surface area contributed by atoms with Crippen LogP contribution in [-0.4, -0.2) is 4.57 Å². The van der Waals surface area contributed by atoms with Gasteiger partial charge in [-0.25, -0.2) is 0 Å². The van der Waals surface area contributed by atoms with Gasteiger partial charge in [0.1, 0.15) is 0 Å². The number of fused-ring (bicyclic) bond motifs is 15. The Kier molecular flexibility index (Phi) is 7.79. The Balaban J connectivity index is 1.11. The summed E-state index contributed by atoms with van der Waals surface area (Å²) >= 11 is 0. The Morgan fingerprint density at radius 2 is 0.879 bits per heavy atom. The molecule has 1 unspecified atom stereocenters. The van der Waals surface area contributed by atoms with Crippen LogP contribution in [0.3, 0.4) is 0 Å². The number of hydrogen-bond donors (Lipinski definition) is 0. The van der Waals surface area contributed by atoms with E-state index < -0.39 is 5.41 Å². The molecule has 10 aromatic carbocycles. The number of benzene rings is 10. The van der Waals surface area contributed by atoms with E-state index in [1.807, 2.05) is 0 Å². The zero-order chi connectivity index (χ0) is 43.7. The smallest absolute Gasteiger partial charge is 0.0760 e. The van der Waals surface area contributed by atoms with E-state index >= 15 is 0 Å². The second-order valence-electron chi connectivity index (χ2n) is 19.0. The predicted octanol–water partition coefficient (Wildman–Crippen LogP) is 16.3. The Hall–Kier alpha value is -8.00. The molecule has 1 heteroatoms. The summed E-state index contributed by atoms with van der Waals surface area (Å²) in [5.74, 6) is -0.0904. The van der Waals surface area contributed by atoms with Gasteiger partial charge in [0.05, 0.1) is 22.1 Å². The van der Waals surface area contributed by atoms with Gasteiger partial charge in [-0.1, -0.05) is 232 Å². The molecule has 0 radical (unpaired) electrons. The molecule has 0 saturated heterocycles. The Labute approximate surface area is 385 Å².